The number of hydrogen-bond acceptors (Lipinski definition) is 9. The van der Waals surface area contributed by atoms with Gasteiger partial charge in [-0.2, -0.15) is 9.37 Å². The van der Waals surface area contributed by atoms with E-state index in [0.29, 0.717) is 22.6 Å². The quantitative estimate of drug-likeness (QED) is 0.108. The molecule has 0 aliphatic rings. The van der Waals surface area contributed by atoms with Gasteiger partial charge in [-0.1, -0.05) is 23.4 Å². The second-order valence-electron chi connectivity index (χ2n) is 6.91. The fourth-order valence-corrected chi connectivity index (χ4v) is 3.10. The van der Waals surface area contributed by atoms with Crippen molar-refractivity contribution < 1.29 is 36.5 Å². The number of rotatable bonds is 12. The average molecular weight is 508 g/mol. The molecule has 0 saturated heterocycles. The molecule has 0 aliphatic heterocycles. The molecule has 1 aromatic carbocycles. The second kappa shape index (κ2) is 12.3. The highest BCUT2D eigenvalue weighted by Crippen LogP contribution is 2.41. The fourth-order valence-electron chi connectivity index (χ4n) is 2.75. The molecule has 0 amide bonds. The Labute approximate surface area is 199 Å². The second-order valence-corrected chi connectivity index (χ2v) is 8.47. The van der Waals surface area contributed by atoms with Gasteiger partial charge < -0.3 is 25.2 Å². The van der Waals surface area contributed by atoms with Gasteiger partial charge in [-0.15, -0.1) is 0 Å². The number of nitrogens with two attached hydrogens (primary N) is 1. The molecule has 2 aromatic heterocycles. The Balaban J connectivity index is 1.59. The first-order valence-corrected chi connectivity index (χ1v) is 11.7. The molecule has 4 N–H and O–H groups in total. The van der Waals surface area contributed by atoms with Crippen LogP contribution in [0.5, 0.6) is 11.6 Å². The van der Waals surface area contributed by atoms with Crippen LogP contribution in [0.25, 0.3) is 5.57 Å². The first-order chi connectivity index (χ1) is 16.8. The van der Waals surface area contributed by atoms with E-state index in [0.717, 1.165) is 13.2 Å². The number of phosphoric acid groups is 1. The molecular formula is C22H23F2N4O6P. The zero-order chi connectivity index (χ0) is 25.3. The average Bonchev–Trinajstić information content (AvgIpc) is 3.28. The number of ether oxygens (including phenoxy) is 1. The van der Waals surface area contributed by atoms with Crippen molar-refractivity contribution in [3.8, 4) is 11.6 Å². The molecule has 0 bridgehead atoms. The lowest BCUT2D eigenvalue weighted by atomic mass is 10.1. The Morgan fingerprint density at radius 1 is 1.29 bits per heavy atom. The van der Waals surface area contributed by atoms with E-state index >= 15 is 0 Å². The van der Waals surface area contributed by atoms with Crippen LogP contribution in [-0.2, 0) is 20.0 Å². The molecule has 186 valence electrons. The molecule has 35 heavy (non-hydrogen) atoms. The van der Waals surface area contributed by atoms with Gasteiger partial charge in [0, 0.05) is 37.8 Å². The minimum atomic E-state index is -4.05. The van der Waals surface area contributed by atoms with Gasteiger partial charge in [0.05, 0.1) is 5.69 Å². The van der Waals surface area contributed by atoms with Gasteiger partial charge in [-0.25, -0.2) is 8.96 Å². The molecule has 10 nitrogen and oxygen atoms in total. The summed E-state index contributed by atoms with van der Waals surface area (Å²) in [6, 6.07) is 10.0. The number of halogens is 2. The smallest absolute Gasteiger partial charge is 0.436 e. The SMILES string of the molecule is COP(=O)(O)OCN/C=C\C=C(/CN)c1cc(Cc2ccc(Oc3cccc(F)n3)c(F)c2)no1. The Hall–Kier alpha value is -3.41. The lowest BCUT2D eigenvalue weighted by Crippen LogP contribution is -2.09. The Kier molecular flexibility index (Phi) is 9.24. The molecule has 0 spiro atoms. The van der Waals surface area contributed by atoms with Crippen LogP contribution in [-0.4, -0.2) is 35.4 Å². The molecule has 2 heterocycles. The van der Waals surface area contributed by atoms with Gasteiger partial charge in [-0.05, 0) is 36.0 Å². The van der Waals surface area contributed by atoms with E-state index in [4.69, 9.17) is 19.9 Å². The van der Waals surface area contributed by atoms with Crippen LogP contribution in [0.15, 0.2) is 65.3 Å². The first kappa shape index (κ1) is 26.2. The maximum atomic E-state index is 14.5. The minimum absolute atomic E-state index is 0.0564. The van der Waals surface area contributed by atoms with Crippen LogP contribution < -0.4 is 15.8 Å². The monoisotopic (exact) mass is 508 g/mol. The van der Waals surface area contributed by atoms with Crippen molar-refractivity contribution in [2.24, 2.45) is 5.73 Å². The zero-order valence-electron chi connectivity index (χ0n) is 18.6. The summed E-state index contributed by atoms with van der Waals surface area (Å²) < 4.78 is 58.3. The number of pyridine rings is 1. The molecule has 0 aliphatic carbocycles. The van der Waals surface area contributed by atoms with E-state index in [1.54, 1.807) is 24.3 Å². The highest BCUT2D eigenvalue weighted by Gasteiger charge is 2.17. The number of hydrogen-bond donors (Lipinski definition) is 3. The van der Waals surface area contributed by atoms with Gasteiger partial charge in [0.25, 0.3) is 0 Å². The lowest BCUT2D eigenvalue weighted by Gasteiger charge is -2.08. The van der Waals surface area contributed by atoms with Gasteiger partial charge in [0.1, 0.15) is 6.73 Å². The third-order valence-corrected chi connectivity index (χ3v) is 5.35. The molecule has 3 aromatic rings. The van der Waals surface area contributed by atoms with Crippen molar-refractivity contribution in [2.45, 2.75) is 6.42 Å². The number of aromatic nitrogens is 2. The summed E-state index contributed by atoms with van der Waals surface area (Å²) in [5.74, 6) is -1.08. The largest absolute Gasteiger partial charge is 0.473 e. The maximum absolute atomic E-state index is 14.5. The van der Waals surface area contributed by atoms with E-state index in [2.05, 4.69) is 24.5 Å². The third-order valence-electron chi connectivity index (χ3n) is 4.43. The summed E-state index contributed by atoms with van der Waals surface area (Å²) in [5, 5.41) is 6.65. The van der Waals surface area contributed by atoms with E-state index in [9.17, 15) is 13.3 Å². The number of phosphoric ester groups is 1. The van der Waals surface area contributed by atoms with Crippen LogP contribution in [0.2, 0.25) is 0 Å². The van der Waals surface area contributed by atoms with Crippen molar-refractivity contribution in [3.63, 3.8) is 0 Å². The van der Waals surface area contributed by atoms with Gasteiger partial charge in [-0.3, -0.25) is 9.05 Å². The van der Waals surface area contributed by atoms with E-state index in [1.165, 1.54) is 30.5 Å². The highest BCUT2D eigenvalue weighted by atomic mass is 31.2. The third kappa shape index (κ3) is 8.09. The zero-order valence-corrected chi connectivity index (χ0v) is 19.5. The summed E-state index contributed by atoms with van der Waals surface area (Å²) in [5.41, 5.74) is 7.57. The van der Waals surface area contributed by atoms with Crippen LogP contribution in [0.3, 0.4) is 0 Å². The van der Waals surface area contributed by atoms with Crippen molar-refractivity contribution in [2.75, 3.05) is 20.4 Å². The fraction of sp³-hybridized carbons (Fsp3) is 0.182. The number of nitrogens with one attached hydrogen (secondary N) is 1. The Bertz CT molecular complexity index is 1250. The molecule has 3 rings (SSSR count). The molecule has 0 saturated carbocycles. The predicted molar refractivity (Wildman–Crippen MR) is 122 cm³/mol. The van der Waals surface area contributed by atoms with Crippen molar-refractivity contribution >= 4 is 13.4 Å². The lowest BCUT2D eigenvalue weighted by molar-refractivity contribution is 0.168. The van der Waals surface area contributed by atoms with Gasteiger partial charge in [0.2, 0.25) is 11.8 Å². The van der Waals surface area contributed by atoms with Gasteiger partial charge in [0.15, 0.2) is 17.3 Å². The molecule has 0 radical (unpaired) electrons. The number of nitrogens with zero attached hydrogens (tertiary/aromatic N) is 2. The number of benzene rings is 1. The standard InChI is InChI=1S/C22H23F2N4O6P/c1-31-35(29,30)32-14-26-9-3-4-16(13-25)20-12-17(28-34-20)10-15-7-8-19(18(23)11-15)33-22-6-2-5-21(24)27-22/h2-9,11-12,26H,10,13-14,25H2,1H3,(H,29,30)/b9-3-,16-4+. The minimum Gasteiger partial charge on any atom is -0.436 e. The van der Waals surface area contributed by atoms with Gasteiger partial charge >= 0.3 is 7.82 Å². The topological polar surface area (TPSA) is 142 Å². The van der Waals surface area contributed by atoms with Crippen molar-refractivity contribution in [1.82, 2.24) is 15.5 Å². The molecular weight excluding hydrogens is 485 g/mol. The molecule has 1 atom stereocenters. The van der Waals surface area contributed by atoms with Crippen LogP contribution in [0.4, 0.5) is 8.78 Å². The van der Waals surface area contributed by atoms with Crippen LogP contribution >= 0.6 is 7.82 Å². The van der Waals surface area contributed by atoms with E-state index < -0.39 is 19.6 Å². The summed E-state index contributed by atoms with van der Waals surface area (Å²) in [4.78, 5) is 12.7. The highest BCUT2D eigenvalue weighted by molar-refractivity contribution is 7.47. The molecule has 0 fully saturated rings. The van der Waals surface area contributed by atoms with E-state index in [-0.39, 0.29) is 31.3 Å². The van der Waals surface area contributed by atoms with E-state index in [1.807, 2.05) is 0 Å². The summed E-state index contributed by atoms with van der Waals surface area (Å²) in [7, 11) is -2.99. The van der Waals surface area contributed by atoms with Crippen LogP contribution in [0.1, 0.15) is 17.0 Å². The normalized spacial score (nSPS) is 13.7. The molecule has 13 heteroatoms. The predicted octanol–water partition coefficient (Wildman–Crippen LogP) is 3.90. The van der Waals surface area contributed by atoms with Crippen LogP contribution in [0, 0.1) is 11.8 Å². The summed E-state index contributed by atoms with van der Waals surface area (Å²) in [6.45, 7) is -0.0880. The molecule has 1 unspecified atom stereocenters. The summed E-state index contributed by atoms with van der Waals surface area (Å²) >= 11 is 0. The van der Waals surface area contributed by atoms with Crippen molar-refractivity contribution in [1.29, 1.82) is 0 Å². The summed E-state index contributed by atoms with van der Waals surface area (Å²) in [6.07, 6.45) is 5.03. The Morgan fingerprint density at radius 2 is 2.11 bits per heavy atom. The van der Waals surface area contributed by atoms with Crippen molar-refractivity contribution in [3.05, 3.63) is 89.6 Å². The Morgan fingerprint density at radius 3 is 2.83 bits per heavy atom. The maximum Gasteiger partial charge on any atom is 0.473 e. The number of allylic oxidation sites excluding steroid dienone is 2. The first-order valence-electron chi connectivity index (χ1n) is 10.2.